The lowest BCUT2D eigenvalue weighted by Crippen LogP contribution is -2.54. The normalized spacial score (nSPS) is 24.7. The number of fused-ring (bicyclic) bond motifs is 1. The van der Waals surface area contributed by atoms with Crippen molar-refractivity contribution in [2.24, 2.45) is 0 Å². The summed E-state index contributed by atoms with van der Waals surface area (Å²) >= 11 is 1.62. The molecule has 0 bridgehead atoms. The van der Waals surface area contributed by atoms with Crippen molar-refractivity contribution in [1.82, 2.24) is 9.80 Å². The monoisotopic (exact) mass is 322 g/mol. The summed E-state index contributed by atoms with van der Waals surface area (Å²) in [5.41, 5.74) is 0. The van der Waals surface area contributed by atoms with Crippen LogP contribution in [0.5, 0.6) is 0 Å². The van der Waals surface area contributed by atoms with Crippen molar-refractivity contribution in [2.75, 3.05) is 26.8 Å². The molecular formula is C16H22N2O3S. The third kappa shape index (κ3) is 3.03. The standard InChI is InChI=1S/C16H22N2O3S/c1-21-9-8-18-14-6-7-17(13(14)4-5-15(18)19)16(20)11-12-3-2-10-22-12/h2-3,10,13-14H,4-9,11H2,1H3/t13-,14-/m1/s1. The fourth-order valence-corrected chi connectivity index (χ4v) is 4.30. The molecule has 1 aromatic rings. The molecule has 0 saturated carbocycles. The molecule has 0 unspecified atom stereocenters. The first-order valence-corrected chi connectivity index (χ1v) is 8.69. The number of hydrogen-bond donors (Lipinski definition) is 0. The van der Waals surface area contributed by atoms with Crippen molar-refractivity contribution in [1.29, 1.82) is 0 Å². The lowest BCUT2D eigenvalue weighted by atomic mass is 9.96. The number of piperidine rings is 1. The van der Waals surface area contributed by atoms with E-state index in [9.17, 15) is 9.59 Å². The van der Waals surface area contributed by atoms with Gasteiger partial charge in [0.25, 0.3) is 0 Å². The predicted octanol–water partition coefficient (Wildman–Crippen LogP) is 1.53. The maximum absolute atomic E-state index is 12.6. The molecule has 2 aliphatic heterocycles. The Labute approximate surface area is 134 Å². The van der Waals surface area contributed by atoms with Crippen LogP contribution in [0.3, 0.4) is 0 Å². The van der Waals surface area contributed by atoms with Crippen LogP contribution in [0.2, 0.25) is 0 Å². The van der Waals surface area contributed by atoms with Crippen LogP contribution in [-0.2, 0) is 20.7 Å². The summed E-state index contributed by atoms with van der Waals surface area (Å²) < 4.78 is 5.11. The average Bonchev–Trinajstić information content (AvgIpc) is 3.15. The van der Waals surface area contributed by atoms with Gasteiger partial charge in [-0.2, -0.15) is 0 Å². The molecule has 0 aromatic carbocycles. The van der Waals surface area contributed by atoms with Gasteiger partial charge in [-0.1, -0.05) is 6.07 Å². The highest BCUT2D eigenvalue weighted by molar-refractivity contribution is 7.10. The second-order valence-corrected chi connectivity index (χ2v) is 6.92. The summed E-state index contributed by atoms with van der Waals surface area (Å²) in [4.78, 5) is 29.7. The number of methoxy groups -OCH3 is 1. The zero-order chi connectivity index (χ0) is 15.5. The quantitative estimate of drug-likeness (QED) is 0.826. The van der Waals surface area contributed by atoms with Crippen molar-refractivity contribution >= 4 is 23.2 Å². The number of amides is 2. The summed E-state index contributed by atoms with van der Waals surface area (Å²) in [6, 6.07) is 4.34. The predicted molar refractivity (Wildman–Crippen MR) is 84.8 cm³/mol. The zero-order valence-electron chi connectivity index (χ0n) is 12.9. The molecule has 0 aliphatic carbocycles. The molecule has 22 heavy (non-hydrogen) atoms. The molecule has 2 atom stereocenters. The number of carbonyl (C=O) groups is 2. The van der Waals surface area contributed by atoms with Gasteiger partial charge in [0.05, 0.1) is 25.1 Å². The molecular weight excluding hydrogens is 300 g/mol. The Kier molecular flexibility index (Phi) is 4.78. The lowest BCUT2D eigenvalue weighted by Gasteiger charge is -2.39. The summed E-state index contributed by atoms with van der Waals surface area (Å²) in [6.45, 7) is 1.94. The van der Waals surface area contributed by atoms with Gasteiger partial charge in [0.15, 0.2) is 0 Å². The van der Waals surface area contributed by atoms with E-state index >= 15 is 0 Å². The van der Waals surface area contributed by atoms with Crippen LogP contribution in [0.4, 0.5) is 0 Å². The Morgan fingerprint density at radius 2 is 2.27 bits per heavy atom. The number of thiophene rings is 1. The molecule has 0 spiro atoms. The Bertz CT molecular complexity index is 532. The Hall–Kier alpha value is -1.40. The minimum absolute atomic E-state index is 0.170. The second kappa shape index (κ2) is 6.79. The minimum atomic E-state index is 0.170. The molecule has 2 fully saturated rings. The summed E-state index contributed by atoms with van der Waals surface area (Å²) in [6.07, 6.45) is 2.69. The van der Waals surface area contributed by atoms with Crippen LogP contribution in [0, 0.1) is 0 Å². The van der Waals surface area contributed by atoms with Crippen LogP contribution in [0.25, 0.3) is 0 Å². The molecule has 2 aliphatic rings. The van der Waals surface area contributed by atoms with E-state index in [-0.39, 0.29) is 23.9 Å². The van der Waals surface area contributed by atoms with E-state index in [4.69, 9.17) is 4.74 Å². The summed E-state index contributed by atoms with van der Waals surface area (Å²) in [7, 11) is 1.65. The van der Waals surface area contributed by atoms with Gasteiger partial charge in [0, 0.05) is 31.5 Å². The van der Waals surface area contributed by atoms with Crippen LogP contribution in [0.15, 0.2) is 17.5 Å². The number of nitrogens with zero attached hydrogens (tertiary/aromatic N) is 2. The average molecular weight is 322 g/mol. The highest BCUT2D eigenvalue weighted by Gasteiger charge is 2.44. The van der Waals surface area contributed by atoms with Gasteiger partial charge in [-0.05, 0) is 24.3 Å². The summed E-state index contributed by atoms with van der Waals surface area (Å²) in [5, 5.41) is 2.00. The van der Waals surface area contributed by atoms with Crippen LogP contribution >= 0.6 is 11.3 Å². The van der Waals surface area contributed by atoms with E-state index in [1.807, 2.05) is 27.3 Å². The molecule has 0 radical (unpaired) electrons. The zero-order valence-corrected chi connectivity index (χ0v) is 13.7. The van der Waals surface area contributed by atoms with Gasteiger partial charge in [-0.25, -0.2) is 0 Å². The van der Waals surface area contributed by atoms with Crippen molar-refractivity contribution in [3.05, 3.63) is 22.4 Å². The van der Waals surface area contributed by atoms with Crippen molar-refractivity contribution < 1.29 is 14.3 Å². The van der Waals surface area contributed by atoms with E-state index in [1.165, 1.54) is 0 Å². The number of hydrogen-bond acceptors (Lipinski definition) is 4. The molecule has 120 valence electrons. The number of likely N-dealkylation sites (tertiary alicyclic amines) is 2. The van der Waals surface area contributed by atoms with Gasteiger partial charge >= 0.3 is 0 Å². The smallest absolute Gasteiger partial charge is 0.228 e. The van der Waals surface area contributed by atoms with Gasteiger partial charge in [0.1, 0.15) is 0 Å². The fourth-order valence-electron chi connectivity index (χ4n) is 3.60. The fraction of sp³-hybridized carbons (Fsp3) is 0.625. The third-order valence-corrected chi connectivity index (χ3v) is 5.52. The highest BCUT2D eigenvalue weighted by atomic mass is 32.1. The largest absolute Gasteiger partial charge is 0.383 e. The van der Waals surface area contributed by atoms with E-state index in [0.29, 0.717) is 26.0 Å². The summed E-state index contributed by atoms with van der Waals surface area (Å²) in [5.74, 6) is 0.391. The van der Waals surface area contributed by atoms with E-state index in [2.05, 4.69) is 0 Å². The molecule has 5 nitrogen and oxygen atoms in total. The lowest BCUT2D eigenvalue weighted by molar-refractivity contribution is -0.142. The number of ether oxygens (including phenoxy) is 1. The minimum Gasteiger partial charge on any atom is -0.383 e. The second-order valence-electron chi connectivity index (χ2n) is 5.89. The topological polar surface area (TPSA) is 49.9 Å². The van der Waals surface area contributed by atoms with Crippen molar-refractivity contribution in [2.45, 2.75) is 37.8 Å². The van der Waals surface area contributed by atoms with Crippen LogP contribution < -0.4 is 0 Å². The Balaban J connectivity index is 1.66. The molecule has 3 heterocycles. The first kappa shape index (κ1) is 15.5. The molecule has 2 amide bonds. The molecule has 1 aromatic heterocycles. The van der Waals surface area contributed by atoms with Crippen molar-refractivity contribution in [3.63, 3.8) is 0 Å². The first-order valence-electron chi connectivity index (χ1n) is 7.81. The highest BCUT2D eigenvalue weighted by Crippen LogP contribution is 2.31. The first-order chi connectivity index (χ1) is 10.7. The SMILES string of the molecule is COCCN1C(=O)CC[C@@H]2[C@H]1CCN2C(=O)Cc1cccs1. The Morgan fingerprint density at radius 3 is 3.00 bits per heavy atom. The number of carbonyl (C=O) groups excluding carboxylic acids is 2. The molecule has 2 saturated heterocycles. The van der Waals surface area contributed by atoms with E-state index in [1.54, 1.807) is 18.4 Å². The molecule has 6 heteroatoms. The van der Waals surface area contributed by atoms with Crippen LogP contribution in [-0.4, -0.2) is 60.5 Å². The maximum Gasteiger partial charge on any atom is 0.228 e. The third-order valence-electron chi connectivity index (χ3n) is 4.65. The van der Waals surface area contributed by atoms with Crippen molar-refractivity contribution in [3.8, 4) is 0 Å². The number of rotatable bonds is 5. The van der Waals surface area contributed by atoms with Gasteiger partial charge < -0.3 is 14.5 Å². The maximum atomic E-state index is 12.6. The molecule has 3 rings (SSSR count). The van der Waals surface area contributed by atoms with Gasteiger partial charge in [-0.3, -0.25) is 9.59 Å². The van der Waals surface area contributed by atoms with E-state index in [0.717, 1.165) is 24.3 Å². The van der Waals surface area contributed by atoms with Gasteiger partial charge in [0.2, 0.25) is 11.8 Å². The van der Waals surface area contributed by atoms with Crippen LogP contribution in [0.1, 0.15) is 24.1 Å². The molecule has 0 N–H and O–H groups in total. The van der Waals surface area contributed by atoms with E-state index < -0.39 is 0 Å². The Morgan fingerprint density at radius 1 is 1.41 bits per heavy atom. The van der Waals surface area contributed by atoms with Gasteiger partial charge in [-0.15, -0.1) is 11.3 Å².